The van der Waals surface area contributed by atoms with Crippen molar-refractivity contribution in [1.82, 2.24) is 10.2 Å². The minimum atomic E-state index is -0.122. The summed E-state index contributed by atoms with van der Waals surface area (Å²) in [6, 6.07) is 5.91. The van der Waals surface area contributed by atoms with Crippen LogP contribution < -0.4 is 14.8 Å². The quantitative estimate of drug-likeness (QED) is 0.724. The Morgan fingerprint density at radius 2 is 1.69 bits per heavy atom. The highest BCUT2D eigenvalue weighted by atomic mass is 16.5. The van der Waals surface area contributed by atoms with Crippen molar-refractivity contribution in [3.8, 4) is 11.5 Å². The Hall–Kier alpha value is -1.75. The third kappa shape index (κ3) is 4.25. The van der Waals surface area contributed by atoms with Gasteiger partial charge in [0.25, 0.3) is 0 Å². The number of hydrogen-bond donors (Lipinski definition) is 1. The highest BCUT2D eigenvalue weighted by Gasteiger charge is 2.51. The maximum atomic E-state index is 13.1. The van der Waals surface area contributed by atoms with Crippen LogP contribution in [0.15, 0.2) is 18.2 Å². The fourth-order valence-corrected chi connectivity index (χ4v) is 6.36. The van der Waals surface area contributed by atoms with E-state index in [0.29, 0.717) is 0 Å². The number of benzene rings is 1. The van der Waals surface area contributed by atoms with E-state index >= 15 is 0 Å². The summed E-state index contributed by atoms with van der Waals surface area (Å²) in [6.07, 6.45) is 8.67. The van der Waals surface area contributed by atoms with Crippen LogP contribution in [0.25, 0.3) is 0 Å². The van der Waals surface area contributed by atoms with E-state index < -0.39 is 0 Å². The van der Waals surface area contributed by atoms with Crippen molar-refractivity contribution in [2.24, 2.45) is 17.8 Å². The van der Waals surface area contributed by atoms with Gasteiger partial charge in [0, 0.05) is 12.1 Å². The minimum Gasteiger partial charge on any atom is -0.493 e. The first-order valence-corrected chi connectivity index (χ1v) is 11.1. The van der Waals surface area contributed by atoms with E-state index in [9.17, 15) is 4.79 Å². The molecular formula is C24H36N2O3. The smallest absolute Gasteiger partial charge is 0.237 e. The summed E-state index contributed by atoms with van der Waals surface area (Å²) in [4.78, 5) is 15.2. The number of nitrogens with zero attached hydrogens (tertiary/aromatic N) is 1. The summed E-state index contributed by atoms with van der Waals surface area (Å²) in [6.45, 7) is 2.86. The van der Waals surface area contributed by atoms with Gasteiger partial charge in [0.15, 0.2) is 11.5 Å². The summed E-state index contributed by atoms with van der Waals surface area (Å²) in [5.74, 6) is 4.23. The molecule has 160 valence electrons. The second kappa shape index (κ2) is 8.17. The molecular weight excluding hydrogens is 364 g/mol. The molecule has 4 fully saturated rings. The van der Waals surface area contributed by atoms with Gasteiger partial charge in [0.05, 0.1) is 20.3 Å². The Morgan fingerprint density at radius 1 is 1.10 bits per heavy atom. The maximum Gasteiger partial charge on any atom is 0.237 e. The molecule has 0 aliphatic heterocycles. The van der Waals surface area contributed by atoms with Gasteiger partial charge in [-0.15, -0.1) is 0 Å². The monoisotopic (exact) mass is 400 g/mol. The lowest BCUT2D eigenvalue weighted by Gasteiger charge is -2.57. The van der Waals surface area contributed by atoms with E-state index in [-0.39, 0.29) is 17.5 Å². The van der Waals surface area contributed by atoms with Gasteiger partial charge in [0.1, 0.15) is 0 Å². The van der Waals surface area contributed by atoms with Crippen molar-refractivity contribution in [1.29, 1.82) is 0 Å². The lowest BCUT2D eigenvalue weighted by Crippen LogP contribution is -2.62. The predicted octanol–water partition coefficient (Wildman–Crippen LogP) is 3.65. The van der Waals surface area contributed by atoms with Crippen molar-refractivity contribution in [3.63, 3.8) is 0 Å². The Labute approximate surface area is 175 Å². The topological polar surface area (TPSA) is 50.8 Å². The van der Waals surface area contributed by atoms with Gasteiger partial charge < -0.3 is 14.8 Å². The van der Waals surface area contributed by atoms with Gasteiger partial charge in [-0.05, 0) is 94.4 Å². The zero-order valence-electron chi connectivity index (χ0n) is 18.4. The molecule has 0 saturated heterocycles. The number of ether oxygens (including phenoxy) is 2. The number of amides is 1. The summed E-state index contributed by atoms with van der Waals surface area (Å²) in [5, 5.41) is 3.52. The summed E-state index contributed by atoms with van der Waals surface area (Å²) in [5.41, 5.74) is 1.27. The van der Waals surface area contributed by atoms with Gasteiger partial charge in [-0.25, -0.2) is 0 Å². The molecule has 5 rings (SSSR count). The third-order valence-corrected chi connectivity index (χ3v) is 7.67. The van der Waals surface area contributed by atoms with Crippen LogP contribution >= 0.6 is 0 Å². The Balaban J connectivity index is 1.32. The first-order chi connectivity index (χ1) is 13.9. The average molecular weight is 401 g/mol. The molecule has 0 radical (unpaired) electrons. The SMILES string of the molecule is COc1ccc(CCN(C)C(C)C(=O)NC23CC4CC(CC(C4)C2)C3)cc1OC. The highest BCUT2D eigenvalue weighted by Crippen LogP contribution is 2.55. The molecule has 0 aromatic heterocycles. The lowest BCUT2D eigenvalue weighted by molar-refractivity contribution is -0.131. The normalized spacial score (nSPS) is 31.0. The van der Waals surface area contributed by atoms with E-state index in [0.717, 1.165) is 42.2 Å². The van der Waals surface area contributed by atoms with Crippen molar-refractivity contribution < 1.29 is 14.3 Å². The number of likely N-dealkylation sites (N-methyl/N-ethyl adjacent to an activating group) is 1. The van der Waals surface area contributed by atoms with Crippen LogP contribution in [0.5, 0.6) is 11.5 Å². The zero-order valence-corrected chi connectivity index (χ0v) is 18.4. The molecule has 5 heteroatoms. The van der Waals surface area contributed by atoms with Crippen molar-refractivity contribution in [2.75, 3.05) is 27.8 Å². The standard InChI is InChI=1S/C24H36N2O3/c1-16(26(2)8-7-17-5-6-21(28-3)22(12-17)29-4)23(27)25-24-13-18-9-19(14-24)11-20(10-18)15-24/h5-6,12,16,18-20H,7-11,13-15H2,1-4H3,(H,25,27). The van der Waals surface area contributed by atoms with E-state index in [2.05, 4.69) is 16.3 Å². The lowest BCUT2D eigenvalue weighted by atomic mass is 9.53. The van der Waals surface area contributed by atoms with Gasteiger partial charge in [-0.3, -0.25) is 9.69 Å². The molecule has 4 bridgehead atoms. The molecule has 1 aromatic carbocycles. The van der Waals surface area contributed by atoms with Gasteiger partial charge in [-0.2, -0.15) is 0 Å². The fraction of sp³-hybridized carbons (Fsp3) is 0.708. The fourth-order valence-electron chi connectivity index (χ4n) is 6.36. The number of rotatable bonds is 8. The van der Waals surface area contributed by atoms with Crippen LogP contribution in [0.3, 0.4) is 0 Å². The van der Waals surface area contributed by atoms with Gasteiger partial charge in [0.2, 0.25) is 5.91 Å². The van der Waals surface area contributed by atoms with Crippen LogP contribution in [0.4, 0.5) is 0 Å². The molecule has 5 nitrogen and oxygen atoms in total. The zero-order chi connectivity index (χ0) is 20.6. The van der Waals surface area contributed by atoms with Gasteiger partial charge in [-0.1, -0.05) is 6.07 Å². The summed E-state index contributed by atoms with van der Waals surface area (Å²) in [7, 11) is 5.35. The first kappa shape index (κ1) is 20.5. The molecule has 0 spiro atoms. The Bertz CT molecular complexity index is 712. The minimum absolute atomic E-state index is 0.0876. The average Bonchev–Trinajstić information content (AvgIpc) is 2.69. The molecule has 1 amide bonds. The predicted molar refractivity (Wildman–Crippen MR) is 114 cm³/mol. The molecule has 0 heterocycles. The maximum absolute atomic E-state index is 13.1. The van der Waals surface area contributed by atoms with Crippen molar-refractivity contribution in [3.05, 3.63) is 23.8 Å². The van der Waals surface area contributed by atoms with Crippen molar-refractivity contribution in [2.45, 2.75) is 63.5 Å². The van der Waals surface area contributed by atoms with E-state index in [1.165, 1.54) is 44.1 Å². The number of carbonyl (C=O) groups is 1. The van der Waals surface area contributed by atoms with Crippen molar-refractivity contribution >= 4 is 5.91 Å². The van der Waals surface area contributed by atoms with E-state index in [4.69, 9.17) is 9.47 Å². The van der Waals surface area contributed by atoms with Gasteiger partial charge >= 0.3 is 0 Å². The summed E-state index contributed by atoms with van der Waals surface area (Å²) >= 11 is 0. The number of hydrogen-bond acceptors (Lipinski definition) is 4. The number of nitrogens with one attached hydrogen (secondary N) is 1. The number of methoxy groups -OCH3 is 2. The molecule has 1 atom stereocenters. The van der Waals surface area contributed by atoms with Crippen LogP contribution in [0, 0.1) is 17.8 Å². The molecule has 1 unspecified atom stereocenters. The molecule has 1 aromatic rings. The Morgan fingerprint density at radius 3 is 2.24 bits per heavy atom. The molecule has 1 N–H and O–H groups in total. The van der Waals surface area contributed by atoms with E-state index in [1.807, 2.05) is 26.1 Å². The second-order valence-electron chi connectivity index (χ2n) is 9.78. The number of carbonyl (C=O) groups excluding carboxylic acids is 1. The van der Waals surface area contributed by atoms with Crippen LogP contribution in [0.2, 0.25) is 0 Å². The van der Waals surface area contributed by atoms with Crippen LogP contribution in [-0.2, 0) is 11.2 Å². The Kier molecular flexibility index (Phi) is 5.78. The second-order valence-corrected chi connectivity index (χ2v) is 9.78. The molecule has 4 aliphatic carbocycles. The molecule has 4 saturated carbocycles. The third-order valence-electron chi connectivity index (χ3n) is 7.67. The highest BCUT2D eigenvalue weighted by molar-refractivity contribution is 5.82. The first-order valence-electron chi connectivity index (χ1n) is 11.1. The summed E-state index contributed by atoms with van der Waals surface area (Å²) < 4.78 is 10.7. The molecule has 4 aliphatic rings. The molecule has 29 heavy (non-hydrogen) atoms. The van der Waals surface area contributed by atoms with Crippen LogP contribution in [-0.4, -0.2) is 50.2 Å². The van der Waals surface area contributed by atoms with Crippen LogP contribution in [0.1, 0.15) is 51.0 Å². The largest absolute Gasteiger partial charge is 0.493 e. The van der Waals surface area contributed by atoms with E-state index in [1.54, 1.807) is 14.2 Å².